The molecule has 2 aromatic carbocycles. The van der Waals surface area contributed by atoms with Crippen LogP contribution in [0.4, 0.5) is 5.69 Å². The quantitative estimate of drug-likeness (QED) is 0.711. The van der Waals surface area contributed by atoms with Gasteiger partial charge in [-0.25, -0.2) is 0 Å². The minimum absolute atomic E-state index is 0.00390. The van der Waals surface area contributed by atoms with Crippen molar-refractivity contribution in [3.05, 3.63) is 54.1 Å². The minimum Gasteiger partial charge on any atom is -0.497 e. The van der Waals surface area contributed by atoms with Crippen molar-refractivity contribution in [3.8, 4) is 11.5 Å². The van der Waals surface area contributed by atoms with Gasteiger partial charge in [0.05, 0.1) is 45.1 Å². The number of rotatable bonds is 7. The molecule has 0 spiro atoms. The van der Waals surface area contributed by atoms with E-state index < -0.39 is 0 Å². The van der Waals surface area contributed by atoms with E-state index in [9.17, 15) is 9.59 Å². The highest BCUT2D eigenvalue weighted by Gasteiger charge is 2.27. The first-order valence-electron chi connectivity index (χ1n) is 10.9. The van der Waals surface area contributed by atoms with Gasteiger partial charge in [-0.15, -0.1) is 0 Å². The molecule has 1 N–H and O–H groups in total. The second-order valence-corrected chi connectivity index (χ2v) is 7.79. The first-order valence-corrected chi connectivity index (χ1v) is 10.9. The molecule has 32 heavy (non-hydrogen) atoms. The molecule has 1 fully saturated rings. The van der Waals surface area contributed by atoms with Crippen molar-refractivity contribution in [1.29, 1.82) is 0 Å². The molecular weight excluding hydrogens is 410 g/mol. The topological polar surface area (TPSA) is 80.3 Å². The predicted molar refractivity (Wildman–Crippen MR) is 120 cm³/mol. The third-order valence-corrected chi connectivity index (χ3v) is 5.81. The lowest BCUT2D eigenvalue weighted by atomic mass is 10.0. The molecule has 2 aromatic rings. The first-order chi connectivity index (χ1) is 15.7. The van der Waals surface area contributed by atoms with Crippen molar-refractivity contribution in [2.75, 3.05) is 58.0 Å². The molecule has 0 unspecified atom stereocenters. The molecule has 8 nitrogen and oxygen atoms in total. The van der Waals surface area contributed by atoms with Gasteiger partial charge in [-0.05, 0) is 29.8 Å². The van der Waals surface area contributed by atoms with Crippen LogP contribution in [0.25, 0.3) is 0 Å². The van der Waals surface area contributed by atoms with Crippen molar-refractivity contribution in [1.82, 2.24) is 10.2 Å². The molecule has 1 saturated heterocycles. The van der Waals surface area contributed by atoms with Gasteiger partial charge in [0, 0.05) is 19.6 Å². The van der Waals surface area contributed by atoms with E-state index in [0.29, 0.717) is 37.8 Å². The van der Waals surface area contributed by atoms with Crippen LogP contribution in [0.15, 0.2) is 48.5 Å². The Bertz CT molecular complexity index is 927. The minimum atomic E-state index is -0.207. The number of para-hydroxylation sites is 2. The fourth-order valence-electron chi connectivity index (χ4n) is 4.08. The smallest absolute Gasteiger partial charge is 0.240 e. The molecule has 0 radical (unpaired) electrons. The van der Waals surface area contributed by atoms with Gasteiger partial charge in [0.2, 0.25) is 11.8 Å². The Morgan fingerprint density at radius 1 is 1.09 bits per heavy atom. The fourth-order valence-corrected chi connectivity index (χ4v) is 4.08. The number of carbonyl (C=O) groups excluding carboxylic acids is 2. The zero-order valence-corrected chi connectivity index (χ0v) is 18.3. The van der Waals surface area contributed by atoms with Crippen LogP contribution in [-0.4, -0.2) is 69.8 Å². The average molecular weight is 440 g/mol. The van der Waals surface area contributed by atoms with Crippen LogP contribution in [0.2, 0.25) is 0 Å². The maximum Gasteiger partial charge on any atom is 0.240 e. The highest BCUT2D eigenvalue weighted by atomic mass is 16.5. The number of fused-ring (bicyclic) bond motifs is 1. The van der Waals surface area contributed by atoms with Gasteiger partial charge in [-0.3, -0.25) is 19.4 Å². The molecule has 2 heterocycles. The highest BCUT2D eigenvalue weighted by molar-refractivity contribution is 6.00. The monoisotopic (exact) mass is 439 g/mol. The number of nitrogens with one attached hydrogen (secondary N) is 1. The van der Waals surface area contributed by atoms with Crippen LogP contribution in [0.5, 0.6) is 11.5 Å². The summed E-state index contributed by atoms with van der Waals surface area (Å²) in [6.45, 7) is 3.62. The van der Waals surface area contributed by atoms with E-state index in [1.165, 1.54) is 4.90 Å². The van der Waals surface area contributed by atoms with E-state index in [1.807, 2.05) is 42.5 Å². The van der Waals surface area contributed by atoms with Crippen LogP contribution < -0.4 is 19.7 Å². The Balaban J connectivity index is 1.45. The van der Waals surface area contributed by atoms with Gasteiger partial charge >= 0.3 is 0 Å². The van der Waals surface area contributed by atoms with Crippen LogP contribution >= 0.6 is 0 Å². The van der Waals surface area contributed by atoms with E-state index in [1.54, 1.807) is 13.2 Å². The number of nitrogens with zero attached hydrogens (tertiary/aromatic N) is 2. The van der Waals surface area contributed by atoms with Crippen LogP contribution in [-0.2, 0) is 14.3 Å². The standard InChI is InChI=1S/C24H29N3O5/c1-30-19-8-6-18(7-9-19)21(26-11-14-31-15-12-26)16-25-23(28)17-27-20-4-2-3-5-22(20)32-13-10-24(27)29/h2-9,21H,10-17H2,1H3,(H,25,28)/t21-/m0/s1. The summed E-state index contributed by atoms with van der Waals surface area (Å²) in [7, 11) is 1.64. The summed E-state index contributed by atoms with van der Waals surface area (Å²) in [6, 6.07) is 15.2. The Labute approximate surface area is 188 Å². The summed E-state index contributed by atoms with van der Waals surface area (Å²) in [5, 5.41) is 3.04. The number of ether oxygens (including phenoxy) is 3. The zero-order chi connectivity index (χ0) is 22.3. The zero-order valence-electron chi connectivity index (χ0n) is 18.3. The lowest BCUT2D eigenvalue weighted by Gasteiger charge is -2.35. The summed E-state index contributed by atoms with van der Waals surface area (Å²) < 4.78 is 16.4. The highest BCUT2D eigenvalue weighted by Crippen LogP contribution is 2.30. The van der Waals surface area contributed by atoms with Crippen molar-refractivity contribution >= 4 is 17.5 Å². The van der Waals surface area contributed by atoms with Crippen LogP contribution in [0, 0.1) is 0 Å². The third-order valence-electron chi connectivity index (χ3n) is 5.81. The SMILES string of the molecule is COc1ccc([C@H](CNC(=O)CN2C(=O)CCOc3ccccc32)N2CCOCC2)cc1. The Hall–Kier alpha value is -3.10. The van der Waals surface area contributed by atoms with Gasteiger partial charge in [-0.1, -0.05) is 24.3 Å². The summed E-state index contributed by atoms with van der Waals surface area (Å²) in [5.41, 5.74) is 1.72. The molecular formula is C24H29N3O5. The number of benzene rings is 2. The Morgan fingerprint density at radius 2 is 1.84 bits per heavy atom. The number of anilines is 1. The molecule has 8 heteroatoms. The molecule has 2 aliphatic heterocycles. The summed E-state index contributed by atoms with van der Waals surface area (Å²) in [6.07, 6.45) is 0.240. The van der Waals surface area contributed by atoms with Gasteiger partial charge in [0.25, 0.3) is 0 Å². The summed E-state index contributed by atoms with van der Waals surface area (Å²) in [5.74, 6) is 1.08. The number of hydrogen-bond donors (Lipinski definition) is 1. The van der Waals surface area contributed by atoms with E-state index in [4.69, 9.17) is 14.2 Å². The van der Waals surface area contributed by atoms with Crippen molar-refractivity contribution in [3.63, 3.8) is 0 Å². The lowest BCUT2D eigenvalue weighted by molar-refractivity contribution is -0.124. The summed E-state index contributed by atoms with van der Waals surface area (Å²) in [4.78, 5) is 29.3. The fraction of sp³-hybridized carbons (Fsp3) is 0.417. The normalized spacial score (nSPS) is 17.7. The van der Waals surface area contributed by atoms with Crippen molar-refractivity contribution in [2.24, 2.45) is 0 Å². The van der Waals surface area contributed by atoms with Gasteiger partial charge in [0.1, 0.15) is 18.0 Å². The van der Waals surface area contributed by atoms with Crippen molar-refractivity contribution in [2.45, 2.75) is 12.5 Å². The molecule has 0 aromatic heterocycles. The molecule has 1 atom stereocenters. The van der Waals surface area contributed by atoms with Crippen LogP contribution in [0.1, 0.15) is 18.0 Å². The molecule has 170 valence electrons. The lowest BCUT2D eigenvalue weighted by Crippen LogP contribution is -2.46. The van der Waals surface area contributed by atoms with Crippen molar-refractivity contribution < 1.29 is 23.8 Å². The van der Waals surface area contributed by atoms with Crippen LogP contribution in [0.3, 0.4) is 0 Å². The summed E-state index contributed by atoms with van der Waals surface area (Å²) >= 11 is 0. The van der Waals surface area contributed by atoms with Gasteiger partial charge < -0.3 is 19.5 Å². The molecule has 0 bridgehead atoms. The Morgan fingerprint density at radius 3 is 2.59 bits per heavy atom. The third kappa shape index (κ3) is 5.20. The number of methoxy groups -OCH3 is 1. The van der Waals surface area contributed by atoms with E-state index in [2.05, 4.69) is 10.2 Å². The Kier molecular flexibility index (Phi) is 7.24. The molecule has 2 amide bonds. The maximum absolute atomic E-state index is 12.9. The largest absolute Gasteiger partial charge is 0.497 e. The number of amides is 2. The van der Waals surface area contributed by atoms with E-state index in [0.717, 1.165) is 24.4 Å². The second-order valence-electron chi connectivity index (χ2n) is 7.79. The van der Waals surface area contributed by atoms with E-state index in [-0.39, 0.29) is 30.8 Å². The maximum atomic E-state index is 12.9. The molecule has 2 aliphatic rings. The number of carbonyl (C=O) groups is 2. The number of hydrogen-bond acceptors (Lipinski definition) is 6. The van der Waals surface area contributed by atoms with Gasteiger partial charge in [0.15, 0.2) is 0 Å². The molecule has 4 rings (SSSR count). The first kappa shape index (κ1) is 22.1. The average Bonchev–Trinajstić information content (AvgIpc) is 2.99. The van der Waals surface area contributed by atoms with E-state index >= 15 is 0 Å². The second kappa shape index (κ2) is 10.5. The number of morpholine rings is 1. The van der Waals surface area contributed by atoms with Gasteiger partial charge in [-0.2, -0.15) is 0 Å². The molecule has 0 aliphatic carbocycles. The molecule has 0 saturated carbocycles. The predicted octanol–water partition coefficient (Wildman–Crippen LogP) is 2.00.